The molecule has 2 atom stereocenters. The number of carbonyl (C=O) groups is 1. The van der Waals surface area contributed by atoms with Crippen LogP contribution in [0.1, 0.15) is 17.3 Å². The third-order valence-electron chi connectivity index (χ3n) is 4.32. The molecule has 106 valence electrons. The zero-order chi connectivity index (χ0) is 14.3. The van der Waals surface area contributed by atoms with Gasteiger partial charge in [-0.25, -0.2) is 0 Å². The average Bonchev–Trinajstić information content (AvgIpc) is 3.02. The number of H-pyrrole nitrogens is 1. The molecule has 2 heterocycles. The highest BCUT2D eigenvalue weighted by molar-refractivity contribution is 5.98. The van der Waals surface area contributed by atoms with Crippen LogP contribution in [0.4, 0.5) is 0 Å². The Morgan fingerprint density at radius 1 is 1.30 bits per heavy atom. The van der Waals surface area contributed by atoms with E-state index < -0.39 is 0 Å². The zero-order valence-corrected chi connectivity index (χ0v) is 12.3. The number of hydrogen-bond donors (Lipinski definition) is 1. The number of nitrogens with one attached hydrogen (secondary N) is 1. The molecule has 0 radical (unpaired) electrons. The molecule has 1 aromatic carbocycles. The molecule has 20 heavy (non-hydrogen) atoms. The van der Waals surface area contributed by atoms with Gasteiger partial charge in [-0.15, -0.1) is 0 Å². The molecule has 0 saturated carbocycles. The van der Waals surface area contributed by atoms with Crippen molar-refractivity contribution in [2.45, 2.75) is 13.0 Å². The van der Waals surface area contributed by atoms with Crippen molar-refractivity contribution in [1.29, 1.82) is 0 Å². The normalized spacial score (nSPS) is 22.9. The minimum atomic E-state index is 0.143. The maximum atomic E-state index is 12.6. The van der Waals surface area contributed by atoms with E-state index >= 15 is 0 Å². The second-order valence-corrected chi connectivity index (χ2v) is 6.00. The smallest absolute Gasteiger partial charge is 0.253 e. The number of carbonyl (C=O) groups excluding carboxylic acids is 1. The predicted octanol–water partition coefficient (Wildman–Crippen LogP) is 2.19. The molecular formula is C16H21N3O. The lowest BCUT2D eigenvalue weighted by Gasteiger charge is -2.22. The van der Waals surface area contributed by atoms with Crippen LogP contribution in [0.25, 0.3) is 10.9 Å². The highest BCUT2D eigenvalue weighted by Gasteiger charge is 2.33. The first kappa shape index (κ1) is 13.2. The van der Waals surface area contributed by atoms with Gasteiger partial charge in [-0.3, -0.25) is 4.79 Å². The molecule has 1 amide bonds. The molecule has 1 aliphatic rings. The van der Waals surface area contributed by atoms with E-state index in [1.54, 1.807) is 0 Å². The van der Waals surface area contributed by atoms with Crippen LogP contribution in [-0.4, -0.2) is 53.9 Å². The Kier molecular flexibility index (Phi) is 3.26. The highest BCUT2D eigenvalue weighted by Crippen LogP contribution is 2.23. The van der Waals surface area contributed by atoms with Gasteiger partial charge < -0.3 is 14.8 Å². The lowest BCUT2D eigenvalue weighted by atomic mass is 10.1. The number of hydrogen-bond acceptors (Lipinski definition) is 2. The Morgan fingerprint density at radius 3 is 2.80 bits per heavy atom. The third kappa shape index (κ3) is 2.20. The number of aromatic nitrogens is 1. The SMILES string of the molecule is CC1CN(C(=O)c2ccc3[nH]ccc3c2)CC1N(C)C. The Bertz CT molecular complexity index is 631. The monoisotopic (exact) mass is 271 g/mol. The van der Waals surface area contributed by atoms with Gasteiger partial charge in [-0.1, -0.05) is 6.92 Å². The quantitative estimate of drug-likeness (QED) is 0.909. The van der Waals surface area contributed by atoms with Crippen LogP contribution in [0, 0.1) is 5.92 Å². The first-order valence-corrected chi connectivity index (χ1v) is 7.09. The minimum absolute atomic E-state index is 0.143. The molecule has 0 spiro atoms. The summed E-state index contributed by atoms with van der Waals surface area (Å²) in [5.74, 6) is 0.661. The summed E-state index contributed by atoms with van der Waals surface area (Å²) in [5, 5.41) is 1.09. The molecule has 4 nitrogen and oxygen atoms in total. The zero-order valence-electron chi connectivity index (χ0n) is 12.3. The number of aromatic amines is 1. The highest BCUT2D eigenvalue weighted by atomic mass is 16.2. The number of benzene rings is 1. The fraction of sp³-hybridized carbons (Fsp3) is 0.438. The van der Waals surface area contributed by atoms with Gasteiger partial charge in [0.15, 0.2) is 0 Å². The van der Waals surface area contributed by atoms with E-state index in [0.29, 0.717) is 12.0 Å². The minimum Gasteiger partial charge on any atom is -0.361 e. The van der Waals surface area contributed by atoms with E-state index in [9.17, 15) is 4.79 Å². The summed E-state index contributed by atoms with van der Waals surface area (Å²) < 4.78 is 0. The molecule has 1 N–H and O–H groups in total. The Labute approximate surface area is 119 Å². The van der Waals surface area contributed by atoms with E-state index in [4.69, 9.17) is 0 Å². The number of rotatable bonds is 2. The second-order valence-electron chi connectivity index (χ2n) is 6.00. The molecule has 0 aliphatic carbocycles. The van der Waals surface area contributed by atoms with E-state index in [-0.39, 0.29) is 5.91 Å². The molecule has 1 saturated heterocycles. The number of likely N-dealkylation sites (N-methyl/N-ethyl adjacent to an activating group) is 1. The van der Waals surface area contributed by atoms with E-state index in [0.717, 1.165) is 29.6 Å². The van der Waals surface area contributed by atoms with Crippen LogP contribution in [0.15, 0.2) is 30.5 Å². The molecule has 1 fully saturated rings. The third-order valence-corrected chi connectivity index (χ3v) is 4.32. The van der Waals surface area contributed by atoms with Gasteiger partial charge in [0.2, 0.25) is 0 Å². The molecule has 3 rings (SSSR count). The number of nitrogens with zero attached hydrogens (tertiary/aromatic N) is 2. The van der Waals surface area contributed by atoms with Crippen LogP contribution >= 0.6 is 0 Å². The average molecular weight is 271 g/mol. The number of amides is 1. The van der Waals surface area contributed by atoms with Crippen molar-refractivity contribution in [2.75, 3.05) is 27.2 Å². The van der Waals surface area contributed by atoms with Crippen molar-refractivity contribution < 1.29 is 4.79 Å². The number of fused-ring (bicyclic) bond motifs is 1. The first-order valence-electron chi connectivity index (χ1n) is 7.09. The summed E-state index contributed by atoms with van der Waals surface area (Å²) in [6, 6.07) is 8.32. The van der Waals surface area contributed by atoms with Crippen molar-refractivity contribution in [2.24, 2.45) is 5.92 Å². The van der Waals surface area contributed by atoms with Gasteiger partial charge in [-0.2, -0.15) is 0 Å². The summed E-state index contributed by atoms with van der Waals surface area (Å²) >= 11 is 0. The fourth-order valence-corrected chi connectivity index (χ4v) is 3.16. The van der Waals surface area contributed by atoms with Crippen LogP contribution in [-0.2, 0) is 0 Å². The van der Waals surface area contributed by atoms with Gasteiger partial charge in [-0.05, 0) is 44.3 Å². The maximum Gasteiger partial charge on any atom is 0.253 e. The van der Waals surface area contributed by atoms with Crippen molar-refractivity contribution >= 4 is 16.8 Å². The van der Waals surface area contributed by atoms with Crippen LogP contribution in [0.5, 0.6) is 0 Å². The summed E-state index contributed by atoms with van der Waals surface area (Å²) in [7, 11) is 4.17. The van der Waals surface area contributed by atoms with Crippen LogP contribution < -0.4 is 0 Å². The summed E-state index contributed by atoms with van der Waals surface area (Å²) in [5.41, 5.74) is 1.85. The molecule has 0 bridgehead atoms. The Morgan fingerprint density at radius 2 is 2.10 bits per heavy atom. The summed E-state index contributed by atoms with van der Waals surface area (Å²) in [6.07, 6.45) is 1.90. The van der Waals surface area contributed by atoms with Gasteiger partial charge in [0.05, 0.1) is 0 Å². The Hall–Kier alpha value is -1.81. The fourth-order valence-electron chi connectivity index (χ4n) is 3.16. The molecule has 1 aliphatic heterocycles. The lowest BCUT2D eigenvalue weighted by molar-refractivity contribution is 0.0781. The van der Waals surface area contributed by atoms with Crippen molar-refractivity contribution in [3.8, 4) is 0 Å². The molecule has 2 unspecified atom stereocenters. The van der Waals surface area contributed by atoms with Gasteiger partial charge >= 0.3 is 0 Å². The van der Waals surface area contributed by atoms with E-state index in [1.165, 1.54) is 0 Å². The largest absolute Gasteiger partial charge is 0.361 e. The first-order chi connectivity index (χ1) is 9.56. The van der Waals surface area contributed by atoms with Crippen molar-refractivity contribution in [3.63, 3.8) is 0 Å². The van der Waals surface area contributed by atoms with Gasteiger partial charge in [0.25, 0.3) is 5.91 Å². The summed E-state index contributed by atoms with van der Waals surface area (Å²) in [4.78, 5) is 20.0. The number of likely N-dealkylation sites (tertiary alicyclic amines) is 1. The standard InChI is InChI=1S/C16H21N3O/c1-11-9-19(10-15(11)18(2)3)16(20)13-4-5-14-12(8-13)6-7-17-14/h4-8,11,15,17H,9-10H2,1-3H3. The topological polar surface area (TPSA) is 39.3 Å². The molecule has 4 heteroatoms. The molecular weight excluding hydrogens is 250 g/mol. The van der Waals surface area contributed by atoms with E-state index in [2.05, 4.69) is 30.9 Å². The summed E-state index contributed by atoms with van der Waals surface area (Å²) in [6.45, 7) is 3.87. The van der Waals surface area contributed by atoms with Crippen molar-refractivity contribution in [1.82, 2.24) is 14.8 Å². The Balaban J connectivity index is 1.82. The maximum absolute atomic E-state index is 12.6. The predicted molar refractivity (Wildman–Crippen MR) is 80.8 cm³/mol. The van der Waals surface area contributed by atoms with Gasteiger partial charge in [0.1, 0.15) is 0 Å². The molecule has 2 aromatic rings. The van der Waals surface area contributed by atoms with Crippen molar-refractivity contribution in [3.05, 3.63) is 36.0 Å². The van der Waals surface area contributed by atoms with Crippen LogP contribution in [0.3, 0.4) is 0 Å². The van der Waals surface area contributed by atoms with E-state index in [1.807, 2.05) is 35.4 Å². The molecule has 1 aromatic heterocycles. The van der Waals surface area contributed by atoms with Crippen LogP contribution in [0.2, 0.25) is 0 Å². The lowest BCUT2D eigenvalue weighted by Crippen LogP contribution is -2.35. The second kappa shape index (κ2) is 4.94. The van der Waals surface area contributed by atoms with Gasteiger partial charge in [0, 0.05) is 41.8 Å².